The quantitative estimate of drug-likeness (QED) is 0.573. The van der Waals surface area contributed by atoms with Crippen molar-refractivity contribution >= 4 is 5.91 Å². The fourth-order valence-corrected chi connectivity index (χ4v) is 2.94. The number of hydrogen-bond donors (Lipinski definition) is 0. The van der Waals surface area contributed by atoms with Crippen LogP contribution in [0.15, 0.2) is 59.1 Å². The molecule has 3 aromatic rings. The van der Waals surface area contributed by atoms with Gasteiger partial charge in [-0.3, -0.25) is 4.79 Å². The Balaban J connectivity index is 1.38. The predicted molar refractivity (Wildman–Crippen MR) is 100 cm³/mol. The van der Waals surface area contributed by atoms with Gasteiger partial charge in [0, 0.05) is 11.6 Å². The van der Waals surface area contributed by atoms with E-state index in [0.29, 0.717) is 11.7 Å². The lowest BCUT2D eigenvalue weighted by Gasteiger charge is -2.20. The summed E-state index contributed by atoms with van der Waals surface area (Å²) in [5, 5.41) is 3.95. The molecule has 9 heteroatoms. The van der Waals surface area contributed by atoms with Gasteiger partial charge in [-0.1, -0.05) is 35.5 Å². The van der Waals surface area contributed by atoms with E-state index >= 15 is 0 Å². The van der Waals surface area contributed by atoms with E-state index in [9.17, 15) is 18.0 Å². The van der Waals surface area contributed by atoms with Crippen LogP contribution in [0.25, 0.3) is 11.4 Å². The number of amides is 1. The van der Waals surface area contributed by atoms with E-state index in [4.69, 9.17) is 9.26 Å². The van der Waals surface area contributed by atoms with Gasteiger partial charge in [0.2, 0.25) is 11.7 Å². The minimum absolute atomic E-state index is 0.0702. The molecule has 1 saturated carbocycles. The Labute approximate surface area is 170 Å². The van der Waals surface area contributed by atoms with E-state index in [1.165, 1.54) is 12.1 Å². The highest BCUT2D eigenvalue weighted by atomic mass is 19.4. The van der Waals surface area contributed by atoms with Gasteiger partial charge in [0.15, 0.2) is 6.61 Å². The average Bonchev–Trinajstić information content (AvgIpc) is 3.48. The van der Waals surface area contributed by atoms with Crippen LogP contribution in [-0.2, 0) is 17.5 Å². The Morgan fingerprint density at radius 3 is 2.43 bits per heavy atom. The molecule has 0 N–H and O–H groups in total. The number of alkyl halides is 3. The normalized spacial score (nSPS) is 13.8. The molecule has 1 aliphatic carbocycles. The summed E-state index contributed by atoms with van der Waals surface area (Å²) in [6, 6.07) is 13.6. The third-order valence-electron chi connectivity index (χ3n) is 4.66. The molecule has 30 heavy (non-hydrogen) atoms. The summed E-state index contributed by atoms with van der Waals surface area (Å²) < 4.78 is 48.6. The number of rotatable bonds is 7. The first-order valence-electron chi connectivity index (χ1n) is 9.38. The van der Waals surface area contributed by atoms with Crippen LogP contribution in [0.3, 0.4) is 0 Å². The van der Waals surface area contributed by atoms with Crippen molar-refractivity contribution < 1.29 is 27.2 Å². The van der Waals surface area contributed by atoms with Gasteiger partial charge in [-0.15, -0.1) is 0 Å². The van der Waals surface area contributed by atoms with Gasteiger partial charge >= 0.3 is 6.18 Å². The molecule has 0 atom stereocenters. The summed E-state index contributed by atoms with van der Waals surface area (Å²) in [7, 11) is 0. The molecule has 0 saturated heterocycles. The first kappa shape index (κ1) is 19.9. The third kappa shape index (κ3) is 4.79. The van der Waals surface area contributed by atoms with Gasteiger partial charge in [-0.2, -0.15) is 18.2 Å². The number of ether oxygens (including phenoxy) is 1. The summed E-state index contributed by atoms with van der Waals surface area (Å²) in [5.74, 6) is 0.645. The SMILES string of the molecule is O=C(COc1ccc(C(F)(F)F)cc1)N(Cc1nc(-c2ccccc2)no1)C1CC1. The van der Waals surface area contributed by atoms with Crippen LogP contribution in [0.4, 0.5) is 13.2 Å². The van der Waals surface area contributed by atoms with Crippen molar-refractivity contribution in [2.75, 3.05) is 6.61 Å². The molecule has 1 fully saturated rings. The largest absolute Gasteiger partial charge is 0.484 e. The lowest BCUT2D eigenvalue weighted by Crippen LogP contribution is -2.36. The smallest absolute Gasteiger partial charge is 0.416 e. The predicted octanol–water partition coefficient (Wildman–Crippen LogP) is 4.33. The summed E-state index contributed by atoms with van der Waals surface area (Å²) in [4.78, 5) is 18.6. The minimum atomic E-state index is -4.42. The van der Waals surface area contributed by atoms with Crippen LogP contribution in [0.1, 0.15) is 24.3 Å². The van der Waals surface area contributed by atoms with Crippen LogP contribution < -0.4 is 4.74 Å². The standard InChI is InChI=1S/C21H18F3N3O3/c22-21(23,24)15-6-10-17(11-7-15)29-13-19(28)27(16-8-9-16)12-18-25-20(26-30-18)14-4-2-1-3-5-14/h1-7,10-11,16H,8-9,12-13H2. The number of hydrogen-bond acceptors (Lipinski definition) is 5. The van der Waals surface area contributed by atoms with E-state index in [0.717, 1.165) is 30.5 Å². The highest BCUT2D eigenvalue weighted by Crippen LogP contribution is 2.31. The first-order chi connectivity index (χ1) is 14.4. The van der Waals surface area contributed by atoms with Gasteiger partial charge in [-0.25, -0.2) is 0 Å². The summed E-state index contributed by atoms with van der Waals surface area (Å²) >= 11 is 0. The minimum Gasteiger partial charge on any atom is -0.484 e. The van der Waals surface area contributed by atoms with E-state index in [-0.39, 0.29) is 30.9 Å². The maximum absolute atomic E-state index is 12.6. The molecule has 0 spiro atoms. The monoisotopic (exact) mass is 417 g/mol. The van der Waals surface area contributed by atoms with Gasteiger partial charge in [-0.05, 0) is 37.1 Å². The summed E-state index contributed by atoms with van der Waals surface area (Å²) in [6.45, 7) is -0.138. The molecule has 1 heterocycles. The molecule has 0 radical (unpaired) electrons. The summed E-state index contributed by atoms with van der Waals surface area (Å²) in [6.07, 6.45) is -2.68. The maximum atomic E-state index is 12.6. The van der Waals surface area contributed by atoms with E-state index in [1.54, 1.807) is 4.90 Å². The van der Waals surface area contributed by atoms with Crippen molar-refractivity contribution in [3.8, 4) is 17.1 Å². The van der Waals surface area contributed by atoms with Gasteiger partial charge in [0.05, 0.1) is 5.56 Å². The number of carbonyl (C=O) groups excluding carboxylic acids is 1. The molecular formula is C21H18F3N3O3. The number of benzene rings is 2. The second kappa shape index (κ2) is 8.17. The molecule has 1 amide bonds. The molecule has 2 aromatic carbocycles. The fraction of sp³-hybridized carbons (Fsp3) is 0.286. The molecular weight excluding hydrogens is 399 g/mol. The van der Waals surface area contributed by atoms with Crippen molar-refractivity contribution in [2.45, 2.75) is 31.6 Å². The Morgan fingerprint density at radius 2 is 1.80 bits per heavy atom. The van der Waals surface area contributed by atoms with Gasteiger partial charge in [0.1, 0.15) is 12.3 Å². The van der Waals surface area contributed by atoms with Crippen molar-refractivity contribution in [3.63, 3.8) is 0 Å². The molecule has 0 bridgehead atoms. The molecule has 0 aliphatic heterocycles. The lowest BCUT2D eigenvalue weighted by molar-refractivity contribution is -0.138. The lowest BCUT2D eigenvalue weighted by atomic mass is 10.2. The Kier molecular flexibility index (Phi) is 5.43. The van der Waals surface area contributed by atoms with Crippen molar-refractivity contribution in [3.05, 3.63) is 66.1 Å². The van der Waals surface area contributed by atoms with Gasteiger partial charge in [0.25, 0.3) is 5.91 Å². The Bertz CT molecular complexity index is 1000. The second-order valence-electron chi connectivity index (χ2n) is 6.94. The van der Waals surface area contributed by atoms with Crippen LogP contribution in [0.5, 0.6) is 5.75 Å². The van der Waals surface area contributed by atoms with E-state index in [1.807, 2.05) is 30.3 Å². The van der Waals surface area contributed by atoms with Crippen molar-refractivity contribution in [1.29, 1.82) is 0 Å². The topological polar surface area (TPSA) is 68.5 Å². The zero-order chi connectivity index (χ0) is 21.1. The number of halogens is 3. The molecule has 1 aliphatic rings. The van der Waals surface area contributed by atoms with Crippen LogP contribution in [0, 0.1) is 0 Å². The Hall–Kier alpha value is -3.36. The molecule has 156 valence electrons. The summed E-state index contributed by atoms with van der Waals surface area (Å²) in [5.41, 5.74) is 0.0360. The Morgan fingerprint density at radius 1 is 1.10 bits per heavy atom. The number of nitrogens with zero attached hydrogens (tertiary/aromatic N) is 3. The zero-order valence-electron chi connectivity index (χ0n) is 15.8. The number of aromatic nitrogens is 2. The molecule has 1 aromatic heterocycles. The van der Waals surface area contributed by atoms with E-state index in [2.05, 4.69) is 10.1 Å². The molecule has 6 nitrogen and oxygen atoms in total. The van der Waals surface area contributed by atoms with Gasteiger partial charge < -0.3 is 14.2 Å². The van der Waals surface area contributed by atoms with Crippen LogP contribution in [-0.4, -0.2) is 33.6 Å². The highest BCUT2D eigenvalue weighted by molar-refractivity contribution is 5.78. The average molecular weight is 417 g/mol. The maximum Gasteiger partial charge on any atom is 0.416 e. The van der Waals surface area contributed by atoms with Crippen molar-refractivity contribution in [2.24, 2.45) is 0 Å². The number of carbonyl (C=O) groups is 1. The molecule has 0 unspecified atom stereocenters. The van der Waals surface area contributed by atoms with Crippen molar-refractivity contribution in [1.82, 2.24) is 15.0 Å². The first-order valence-corrected chi connectivity index (χ1v) is 9.38. The fourth-order valence-electron chi connectivity index (χ4n) is 2.94. The molecule has 4 rings (SSSR count). The second-order valence-corrected chi connectivity index (χ2v) is 6.94. The third-order valence-corrected chi connectivity index (χ3v) is 4.66. The zero-order valence-corrected chi connectivity index (χ0v) is 15.8. The van der Waals surface area contributed by atoms with Crippen LogP contribution >= 0.6 is 0 Å². The van der Waals surface area contributed by atoms with Crippen LogP contribution in [0.2, 0.25) is 0 Å². The van der Waals surface area contributed by atoms with E-state index < -0.39 is 11.7 Å². The highest BCUT2D eigenvalue weighted by Gasteiger charge is 2.34.